The lowest BCUT2D eigenvalue weighted by atomic mass is 10.2. The summed E-state index contributed by atoms with van der Waals surface area (Å²) in [6.45, 7) is 7.89. The summed E-state index contributed by atoms with van der Waals surface area (Å²) in [6, 6.07) is 11.9. The van der Waals surface area contributed by atoms with Gasteiger partial charge in [-0.2, -0.15) is 0 Å². The zero-order valence-electron chi connectivity index (χ0n) is 15.9. The number of imidazole rings is 1. The van der Waals surface area contributed by atoms with Crippen molar-refractivity contribution in [3.05, 3.63) is 59.7 Å². The van der Waals surface area contributed by atoms with Crippen molar-refractivity contribution in [3.63, 3.8) is 0 Å². The maximum Gasteiger partial charge on any atom is 0.338 e. The summed E-state index contributed by atoms with van der Waals surface area (Å²) in [5, 5.41) is 0. The van der Waals surface area contributed by atoms with E-state index in [1.54, 1.807) is 31.2 Å². The molecule has 5 nitrogen and oxygen atoms in total. The summed E-state index contributed by atoms with van der Waals surface area (Å²) in [6.07, 6.45) is 0. The fraction of sp³-hybridized carbons (Fsp3) is 0.333. The first-order valence-corrected chi connectivity index (χ1v) is 9.14. The molecule has 0 spiro atoms. The van der Waals surface area contributed by atoms with Crippen molar-refractivity contribution < 1.29 is 23.2 Å². The predicted octanol–water partition coefficient (Wildman–Crippen LogP) is 3.65. The number of benzene rings is 2. The van der Waals surface area contributed by atoms with Gasteiger partial charge in [0.2, 0.25) is 0 Å². The van der Waals surface area contributed by atoms with Crippen LogP contribution in [0, 0.1) is 12.7 Å². The molecule has 3 aromatic rings. The van der Waals surface area contributed by atoms with Crippen LogP contribution in [0.4, 0.5) is 4.39 Å². The Morgan fingerprint density at radius 1 is 1.19 bits per heavy atom. The van der Waals surface area contributed by atoms with E-state index in [1.807, 2.05) is 19.1 Å². The van der Waals surface area contributed by atoms with Gasteiger partial charge in [-0.15, -0.1) is 0 Å². The van der Waals surface area contributed by atoms with E-state index in [1.165, 1.54) is 6.07 Å². The second-order valence-corrected chi connectivity index (χ2v) is 6.15. The monoisotopic (exact) mass is 371 g/mol. The van der Waals surface area contributed by atoms with Crippen LogP contribution in [0.15, 0.2) is 42.5 Å². The summed E-state index contributed by atoms with van der Waals surface area (Å²) in [4.78, 5) is 12.1. The summed E-state index contributed by atoms with van der Waals surface area (Å²) >= 11 is 0. The average molecular weight is 371 g/mol. The Morgan fingerprint density at radius 2 is 1.96 bits per heavy atom. The lowest BCUT2D eigenvalue weighted by Gasteiger charge is -2.06. The molecule has 0 fully saturated rings. The standard InChI is InChI=1S/C21H24FN2O3/c1-4-23-15(3)24(12-13-27-20-9-7-6-8-17(20)22)19-14-16(10-11-18(19)23)21(25)26-5-2/h6-11,14H,4-5,12-13H2,1-3H3/q+1. The number of ether oxygens (including phenoxy) is 2. The van der Waals surface area contributed by atoms with Gasteiger partial charge in [-0.1, -0.05) is 12.1 Å². The normalized spacial score (nSPS) is 11.0. The van der Waals surface area contributed by atoms with Gasteiger partial charge in [-0.3, -0.25) is 0 Å². The van der Waals surface area contributed by atoms with Crippen molar-refractivity contribution in [2.45, 2.75) is 33.9 Å². The third-order valence-corrected chi connectivity index (χ3v) is 4.57. The number of aryl methyl sites for hydroxylation is 1. The molecular weight excluding hydrogens is 347 g/mol. The molecule has 2 aromatic carbocycles. The summed E-state index contributed by atoms with van der Waals surface area (Å²) in [5.41, 5.74) is 2.48. The fourth-order valence-corrected chi connectivity index (χ4v) is 3.29. The second-order valence-electron chi connectivity index (χ2n) is 6.15. The number of hydrogen-bond donors (Lipinski definition) is 0. The van der Waals surface area contributed by atoms with Crippen LogP contribution in [0.3, 0.4) is 0 Å². The molecule has 0 aliphatic rings. The highest BCUT2D eigenvalue weighted by Crippen LogP contribution is 2.19. The van der Waals surface area contributed by atoms with Gasteiger partial charge in [-0.25, -0.2) is 18.3 Å². The Morgan fingerprint density at radius 3 is 2.67 bits per heavy atom. The third kappa shape index (κ3) is 3.79. The molecule has 6 heteroatoms. The number of nitrogens with zero attached hydrogens (tertiary/aromatic N) is 2. The average Bonchev–Trinajstić information content (AvgIpc) is 2.94. The van der Waals surface area contributed by atoms with E-state index >= 15 is 0 Å². The van der Waals surface area contributed by atoms with E-state index in [0.717, 1.165) is 23.4 Å². The smallest absolute Gasteiger partial charge is 0.338 e. The van der Waals surface area contributed by atoms with E-state index < -0.39 is 0 Å². The molecule has 0 saturated carbocycles. The van der Waals surface area contributed by atoms with E-state index in [-0.39, 0.29) is 17.5 Å². The highest BCUT2D eigenvalue weighted by Gasteiger charge is 2.22. The molecule has 0 N–H and O–H groups in total. The molecule has 1 aromatic heterocycles. The van der Waals surface area contributed by atoms with E-state index in [2.05, 4.69) is 16.1 Å². The molecule has 27 heavy (non-hydrogen) atoms. The Bertz CT molecular complexity index is 965. The number of halogens is 1. The molecule has 3 rings (SSSR count). The van der Waals surface area contributed by atoms with Gasteiger partial charge < -0.3 is 9.47 Å². The van der Waals surface area contributed by atoms with Crippen LogP contribution in [-0.4, -0.2) is 23.8 Å². The van der Waals surface area contributed by atoms with Crippen LogP contribution in [0.2, 0.25) is 0 Å². The number of hydrogen-bond acceptors (Lipinski definition) is 3. The molecule has 142 valence electrons. The van der Waals surface area contributed by atoms with Gasteiger partial charge in [0.25, 0.3) is 5.82 Å². The molecular formula is C21H24FN2O3+. The number of fused-ring (bicyclic) bond motifs is 1. The molecule has 0 aliphatic heterocycles. The summed E-state index contributed by atoms with van der Waals surface area (Å²) < 4.78 is 28.7. The van der Waals surface area contributed by atoms with E-state index in [4.69, 9.17) is 9.47 Å². The molecule has 0 unspecified atom stereocenters. The highest BCUT2D eigenvalue weighted by atomic mass is 19.1. The molecule has 0 radical (unpaired) electrons. The largest absolute Gasteiger partial charge is 0.486 e. The van der Waals surface area contributed by atoms with Crippen molar-refractivity contribution in [1.29, 1.82) is 0 Å². The topological polar surface area (TPSA) is 44.3 Å². The first kappa shape index (κ1) is 18.9. The van der Waals surface area contributed by atoms with Crippen molar-refractivity contribution in [3.8, 4) is 5.75 Å². The van der Waals surface area contributed by atoms with Gasteiger partial charge in [-0.05, 0) is 38.1 Å². The highest BCUT2D eigenvalue weighted by molar-refractivity contribution is 5.93. The zero-order valence-corrected chi connectivity index (χ0v) is 15.9. The van der Waals surface area contributed by atoms with Crippen LogP contribution in [0.5, 0.6) is 5.75 Å². The van der Waals surface area contributed by atoms with Crippen LogP contribution >= 0.6 is 0 Å². The van der Waals surface area contributed by atoms with Crippen molar-refractivity contribution >= 4 is 17.0 Å². The quantitative estimate of drug-likeness (QED) is 0.470. The van der Waals surface area contributed by atoms with Gasteiger partial charge in [0.15, 0.2) is 22.6 Å². The molecule has 1 heterocycles. The zero-order chi connectivity index (χ0) is 19.4. The van der Waals surface area contributed by atoms with Crippen LogP contribution < -0.4 is 9.30 Å². The number of esters is 1. The number of aromatic nitrogens is 2. The maximum absolute atomic E-state index is 13.7. The van der Waals surface area contributed by atoms with Crippen LogP contribution in [-0.2, 0) is 17.8 Å². The minimum absolute atomic E-state index is 0.238. The minimum Gasteiger partial charge on any atom is -0.486 e. The number of carbonyl (C=O) groups excluding carboxylic acids is 1. The third-order valence-electron chi connectivity index (χ3n) is 4.57. The Hall–Kier alpha value is -2.89. The van der Waals surface area contributed by atoms with Crippen molar-refractivity contribution in [2.75, 3.05) is 13.2 Å². The summed E-state index contributed by atoms with van der Waals surface area (Å²) in [5.74, 6) is 0.572. The Labute approximate surface area is 157 Å². The lowest BCUT2D eigenvalue weighted by Crippen LogP contribution is -2.35. The first-order chi connectivity index (χ1) is 13.1. The van der Waals surface area contributed by atoms with Gasteiger partial charge >= 0.3 is 5.97 Å². The Kier molecular flexibility index (Phi) is 5.74. The molecule has 0 amide bonds. The van der Waals surface area contributed by atoms with E-state index in [9.17, 15) is 9.18 Å². The Balaban J connectivity index is 1.90. The van der Waals surface area contributed by atoms with Crippen molar-refractivity contribution in [1.82, 2.24) is 4.57 Å². The van der Waals surface area contributed by atoms with Crippen LogP contribution in [0.25, 0.3) is 11.0 Å². The minimum atomic E-state index is -0.375. The maximum atomic E-state index is 13.7. The number of para-hydroxylation sites is 1. The number of carbonyl (C=O) groups is 1. The SMILES string of the molecule is CCOC(=O)c1ccc2c(c1)n(CCOc1ccccc1F)c(C)[n+]2CC. The van der Waals surface area contributed by atoms with Gasteiger partial charge in [0.05, 0.1) is 18.7 Å². The fourth-order valence-electron chi connectivity index (χ4n) is 3.29. The molecule has 0 atom stereocenters. The molecule has 0 bridgehead atoms. The van der Waals surface area contributed by atoms with Crippen LogP contribution in [0.1, 0.15) is 30.0 Å². The number of rotatable bonds is 7. The van der Waals surface area contributed by atoms with Crippen molar-refractivity contribution in [2.24, 2.45) is 0 Å². The van der Waals surface area contributed by atoms with Gasteiger partial charge in [0.1, 0.15) is 13.2 Å². The molecule has 0 aliphatic carbocycles. The second kappa shape index (κ2) is 8.20. The molecule has 0 saturated heterocycles. The van der Waals surface area contributed by atoms with Gasteiger partial charge in [0, 0.05) is 13.0 Å². The lowest BCUT2D eigenvalue weighted by molar-refractivity contribution is -0.675. The van der Waals surface area contributed by atoms with E-state index in [0.29, 0.717) is 25.3 Å². The predicted molar refractivity (Wildman–Crippen MR) is 100 cm³/mol. The first-order valence-electron chi connectivity index (χ1n) is 9.14. The summed E-state index contributed by atoms with van der Waals surface area (Å²) in [7, 11) is 0.